The topological polar surface area (TPSA) is 41.6 Å². The van der Waals surface area contributed by atoms with Crippen LogP contribution in [0.3, 0.4) is 0 Å². The number of hydrogen-bond acceptors (Lipinski definition) is 3. The Hall–Kier alpha value is -2.49. The number of carbonyl (C=O) groups excluding carboxylic acids is 1. The molecule has 2 aromatic rings. The number of hydrogen-bond donors (Lipinski definition) is 1. The number of nitrogens with zero attached hydrogens (tertiary/aromatic N) is 1. The molecule has 1 aliphatic heterocycles. The highest BCUT2D eigenvalue weighted by molar-refractivity contribution is 5.73. The van der Waals surface area contributed by atoms with Crippen LogP contribution in [0, 0.1) is 0 Å². The van der Waals surface area contributed by atoms with Crippen molar-refractivity contribution in [1.82, 2.24) is 4.90 Å². The number of rotatable bonds is 4. The van der Waals surface area contributed by atoms with Gasteiger partial charge in [-0.2, -0.15) is 0 Å². The van der Waals surface area contributed by atoms with E-state index < -0.39 is 0 Å². The molecule has 0 saturated heterocycles. The van der Waals surface area contributed by atoms with Crippen LogP contribution in [-0.4, -0.2) is 30.0 Å². The fourth-order valence-electron chi connectivity index (χ4n) is 2.64. The van der Waals surface area contributed by atoms with E-state index in [0.717, 1.165) is 17.0 Å². The van der Waals surface area contributed by atoms with Crippen LogP contribution in [0.25, 0.3) is 0 Å². The van der Waals surface area contributed by atoms with Gasteiger partial charge in [-0.3, -0.25) is 4.79 Å². The Morgan fingerprint density at radius 1 is 1.18 bits per heavy atom. The Labute approximate surface area is 130 Å². The average molecular weight is 296 g/mol. The lowest BCUT2D eigenvalue weighted by Gasteiger charge is -2.32. The Morgan fingerprint density at radius 3 is 2.68 bits per heavy atom. The minimum atomic E-state index is 0.0736. The standard InChI is InChI=1S/C18H20N2O2/c1-14(21)20(11-15-7-3-2-4-8-15)12-16-13-22-18-10-6-5-9-17(18)19-16/h2-10,16,19H,11-13H2,1H3. The molecule has 1 unspecified atom stereocenters. The summed E-state index contributed by atoms with van der Waals surface area (Å²) in [6.07, 6.45) is 0. The van der Waals surface area contributed by atoms with Crippen LogP contribution >= 0.6 is 0 Å². The Bertz CT molecular complexity index is 643. The predicted molar refractivity (Wildman–Crippen MR) is 86.9 cm³/mol. The third-order valence-corrected chi connectivity index (χ3v) is 3.79. The van der Waals surface area contributed by atoms with Crippen molar-refractivity contribution in [3.63, 3.8) is 0 Å². The molecule has 1 atom stereocenters. The zero-order chi connectivity index (χ0) is 15.4. The molecule has 22 heavy (non-hydrogen) atoms. The second kappa shape index (κ2) is 6.52. The van der Waals surface area contributed by atoms with Crippen molar-refractivity contribution >= 4 is 11.6 Å². The molecule has 4 nitrogen and oxygen atoms in total. The van der Waals surface area contributed by atoms with Crippen molar-refractivity contribution in [2.75, 3.05) is 18.5 Å². The summed E-state index contributed by atoms with van der Waals surface area (Å²) in [4.78, 5) is 13.8. The van der Waals surface area contributed by atoms with E-state index in [1.54, 1.807) is 6.92 Å². The van der Waals surface area contributed by atoms with Gasteiger partial charge in [-0.25, -0.2) is 0 Å². The summed E-state index contributed by atoms with van der Waals surface area (Å²) < 4.78 is 5.77. The molecule has 1 aliphatic rings. The number of carbonyl (C=O) groups is 1. The van der Waals surface area contributed by atoms with Gasteiger partial charge in [0.1, 0.15) is 12.4 Å². The fourth-order valence-corrected chi connectivity index (χ4v) is 2.64. The van der Waals surface area contributed by atoms with Crippen LogP contribution in [-0.2, 0) is 11.3 Å². The summed E-state index contributed by atoms with van der Waals surface area (Å²) in [5.74, 6) is 0.945. The van der Waals surface area contributed by atoms with Gasteiger partial charge in [0, 0.05) is 20.0 Å². The maximum Gasteiger partial charge on any atom is 0.219 e. The van der Waals surface area contributed by atoms with Gasteiger partial charge in [-0.1, -0.05) is 42.5 Å². The van der Waals surface area contributed by atoms with Crippen molar-refractivity contribution in [2.45, 2.75) is 19.5 Å². The largest absolute Gasteiger partial charge is 0.489 e. The molecule has 1 amide bonds. The molecule has 3 rings (SSSR count). The van der Waals surface area contributed by atoms with Crippen molar-refractivity contribution in [3.05, 3.63) is 60.2 Å². The van der Waals surface area contributed by atoms with Crippen LogP contribution in [0.1, 0.15) is 12.5 Å². The summed E-state index contributed by atoms with van der Waals surface area (Å²) >= 11 is 0. The summed E-state index contributed by atoms with van der Waals surface area (Å²) in [6.45, 7) is 3.42. The van der Waals surface area contributed by atoms with E-state index in [2.05, 4.69) is 5.32 Å². The summed E-state index contributed by atoms with van der Waals surface area (Å²) in [5.41, 5.74) is 2.12. The summed E-state index contributed by atoms with van der Waals surface area (Å²) in [5, 5.41) is 3.45. The highest BCUT2D eigenvalue weighted by Gasteiger charge is 2.22. The summed E-state index contributed by atoms with van der Waals surface area (Å²) in [6, 6.07) is 18.0. The molecule has 0 aliphatic carbocycles. The molecule has 114 valence electrons. The van der Waals surface area contributed by atoms with Crippen molar-refractivity contribution < 1.29 is 9.53 Å². The van der Waals surface area contributed by atoms with Gasteiger partial charge in [-0.05, 0) is 17.7 Å². The van der Waals surface area contributed by atoms with Gasteiger partial charge in [-0.15, -0.1) is 0 Å². The quantitative estimate of drug-likeness (QED) is 0.943. The first-order chi connectivity index (χ1) is 10.7. The molecular formula is C18H20N2O2. The number of benzene rings is 2. The summed E-state index contributed by atoms with van der Waals surface area (Å²) in [7, 11) is 0. The van der Waals surface area contributed by atoms with Gasteiger partial charge in [0.25, 0.3) is 0 Å². The fraction of sp³-hybridized carbons (Fsp3) is 0.278. The number of amides is 1. The minimum absolute atomic E-state index is 0.0736. The highest BCUT2D eigenvalue weighted by Crippen LogP contribution is 2.28. The van der Waals surface area contributed by atoms with Gasteiger partial charge in [0.05, 0.1) is 11.7 Å². The van der Waals surface area contributed by atoms with E-state index >= 15 is 0 Å². The lowest BCUT2D eigenvalue weighted by Crippen LogP contribution is -2.43. The maximum atomic E-state index is 11.9. The Kier molecular flexibility index (Phi) is 4.28. The lowest BCUT2D eigenvalue weighted by molar-refractivity contribution is -0.129. The van der Waals surface area contributed by atoms with E-state index in [1.165, 1.54) is 0 Å². The number of para-hydroxylation sites is 2. The zero-order valence-corrected chi connectivity index (χ0v) is 12.7. The molecule has 0 spiro atoms. The maximum absolute atomic E-state index is 11.9. The number of fused-ring (bicyclic) bond motifs is 1. The van der Waals surface area contributed by atoms with Gasteiger partial charge < -0.3 is 15.0 Å². The van der Waals surface area contributed by atoms with Crippen molar-refractivity contribution in [2.24, 2.45) is 0 Å². The molecule has 4 heteroatoms. The molecular weight excluding hydrogens is 276 g/mol. The van der Waals surface area contributed by atoms with E-state index in [1.807, 2.05) is 59.5 Å². The molecule has 0 aromatic heterocycles. The van der Waals surface area contributed by atoms with Gasteiger partial charge in [0.2, 0.25) is 5.91 Å². The predicted octanol–water partition coefficient (Wildman–Crippen LogP) is 2.91. The first kappa shape index (κ1) is 14.4. The van der Waals surface area contributed by atoms with Gasteiger partial charge >= 0.3 is 0 Å². The van der Waals surface area contributed by atoms with Crippen LogP contribution in [0.15, 0.2) is 54.6 Å². The minimum Gasteiger partial charge on any atom is -0.489 e. The molecule has 0 saturated carbocycles. The number of anilines is 1. The monoisotopic (exact) mass is 296 g/mol. The van der Waals surface area contributed by atoms with Gasteiger partial charge in [0.15, 0.2) is 0 Å². The molecule has 1 heterocycles. The van der Waals surface area contributed by atoms with E-state index in [9.17, 15) is 4.79 Å². The first-order valence-corrected chi connectivity index (χ1v) is 7.50. The normalized spacial score (nSPS) is 16.1. The number of ether oxygens (including phenoxy) is 1. The van der Waals surface area contributed by atoms with Crippen LogP contribution in [0.4, 0.5) is 5.69 Å². The van der Waals surface area contributed by atoms with Crippen LogP contribution < -0.4 is 10.1 Å². The molecule has 1 N–H and O–H groups in total. The molecule has 2 aromatic carbocycles. The van der Waals surface area contributed by atoms with Crippen molar-refractivity contribution in [1.29, 1.82) is 0 Å². The van der Waals surface area contributed by atoms with Crippen LogP contribution in [0.5, 0.6) is 5.75 Å². The third kappa shape index (κ3) is 3.39. The second-order valence-corrected chi connectivity index (χ2v) is 5.53. The zero-order valence-electron chi connectivity index (χ0n) is 12.7. The van der Waals surface area contributed by atoms with Crippen molar-refractivity contribution in [3.8, 4) is 5.75 Å². The van der Waals surface area contributed by atoms with E-state index in [0.29, 0.717) is 19.7 Å². The SMILES string of the molecule is CC(=O)N(Cc1ccccc1)CC1COc2ccccc2N1. The number of nitrogens with one attached hydrogen (secondary N) is 1. The smallest absolute Gasteiger partial charge is 0.219 e. The molecule has 0 radical (unpaired) electrons. The van der Waals surface area contributed by atoms with Crippen LogP contribution in [0.2, 0.25) is 0 Å². The first-order valence-electron chi connectivity index (χ1n) is 7.50. The van der Waals surface area contributed by atoms with E-state index in [-0.39, 0.29) is 11.9 Å². The molecule has 0 bridgehead atoms. The Morgan fingerprint density at radius 2 is 1.91 bits per heavy atom. The lowest BCUT2D eigenvalue weighted by atomic mass is 10.1. The Balaban J connectivity index is 1.66. The highest BCUT2D eigenvalue weighted by atomic mass is 16.5. The third-order valence-electron chi connectivity index (χ3n) is 3.79. The van der Waals surface area contributed by atoms with E-state index in [4.69, 9.17) is 4.74 Å². The molecule has 0 fully saturated rings. The second-order valence-electron chi connectivity index (χ2n) is 5.53. The average Bonchev–Trinajstić information content (AvgIpc) is 2.55.